The molecule has 0 aromatic carbocycles. The first-order valence-electron chi connectivity index (χ1n) is 15.9. The van der Waals surface area contributed by atoms with E-state index in [1.54, 1.807) is 0 Å². The van der Waals surface area contributed by atoms with Crippen LogP contribution in [0.1, 0.15) is 64.7 Å². The van der Waals surface area contributed by atoms with Gasteiger partial charge in [0, 0.05) is 38.8 Å². The van der Waals surface area contributed by atoms with E-state index < -0.39 is 85.8 Å². The van der Waals surface area contributed by atoms with E-state index >= 15 is 0 Å². The molecule has 3 aliphatic heterocycles. The summed E-state index contributed by atoms with van der Waals surface area (Å²) in [7, 11) is 0. The third-order valence-corrected chi connectivity index (χ3v) is 8.23. The first kappa shape index (κ1) is 39.1. The van der Waals surface area contributed by atoms with Crippen LogP contribution >= 0.6 is 0 Å². The lowest BCUT2D eigenvalue weighted by Gasteiger charge is -2.39. The molecular formula is C29H48N2O16. The molecule has 10 atom stereocenters. The zero-order chi connectivity index (χ0) is 34.7. The van der Waals surface area contributed by atoms with Crippen LogP contribution in [-0.4, -0.2) is 164 Å². The highest BCUT2D eigenvalue weighted by Gasteiger charge is 2.44. The van der Waals surface area contributed by atoms with E-state index in [-0.39, 0.29) is 64.3 Å². The molecule has 3 saturated heterocycles. The molecule has 0 radical (unpaired) electrons. The van der Waals surface area contributed by atoms with Crippen molar-refractivity contribution < 1.29 is 78.7 Å². The van der Waals surface area contributed by atoms with Crippen LogP contribution in [0, 0.1) is 0 Å². The van der Waals surface area contributed by atoms with Crippen molar-refractivity contribution in [3.05, 3.63) is 0 Å². The van der Waals surface area contributed by atoms with Crippen LogP contribution in [0.5, 0.6) is 0 Å². The van der Waals surface area contributed by atoms with Crippen LogP contribution in [0.25, 0.3) is 0 Å². The van der Waals surface area contributed by atoms with E-state index in [4.69, 9.17) is 23.8 Å². The first-order valence-corrected chi connectivity index (χ1v) is 15.9. The molecule has 3 heterocycles. The summed E-state index contributed by atoms with van der Waals surface area (Å²) in [5.74, 6) is -2.03. The number of rotatable bonds is 18. The SMILES string of the molecule is C[C@@H]1O[C@@H](OCCN(CCCO[C@H]2O[C@H](CO)[C@@H](O)[C@H](O)[C@@H]2O)C(=O)CCCCCCC(=O)ON2C(=O)CCC2=O)[C@@H](O)[C@H](O)[C@@H]1O. The number of carbonyl (C=O) groups excluding carboxylic acids is 4. The molecule has 3 aliphatic rings. The minimum Gasteiger partial charge on any atom is -0.394 e. The summed E-state index contributed by atoms with van der Waals surface area (Å²) in [5.41, 5.74) is 0. The summed E-state index contributed by atoms with van der Waals surface area (Å²) in [6.07, 6.45) is -10.9. The Kier molecular flexibility index (Phi) is 15.8. The van der Waals surface area contributed by atoms with Gasteiger partial charge in [-0.05, 0) is 26.2 Å². The molecule has 270 valence electrons. The number of unbranched alkanes of at least 4 members (excludes halogenated alkanes) is 3. The summed E-state index contributed by atoms with van der Waals surface area (Å²) in [4.78, 5) is 54.5. The number of nitrogens with zero attached hydrogens (tertiary/aromatic N) is 2. The van der Waals surface area contributed by atoms with Gasteiger partial charge in [-0.3, -0.25) is 14.4 Å². The molecular weight excluding hydrogens is 632 g/mol. The van der Waals surface area contributed by atoms with Gasteiger partial charge in [0.05, 0.1) is 25.9 Å². The van der Waals surface area contributed by atoms with E-state index in [1.807, 2.05) is 0 Å². The Hall–Kier alpha value is -2.36. The zero-order valence-corrected chi connectivity index (χ0v) is 26.4. The average molecular weight is 681 g/mol. The second-order valence-corrected chi connectivity index (χ2v) is 11.8. The molecule has 3 rings (SSSR count). The molecule has 3 amide bonds. The number of aliphatic hydroxyl groups is 7. The lowest BCUT2D eigenvalue weighted by Crippen LogP contribution is -2.59. The first-order chi connectivity index (χ1) is 22.3. The third-order valence-electron chi connectivity index (χ3n) is 8.23. The summed E-state index contributed by atoms with van der Waals surface area (Å²) in [5, 5.41) is 70.0. The molecule has 18 heteroatoms. The van der Waals surface area contributed by atoms with E-state index in [9.17, 15) is 54.9 Å². The lowest BCUT2D eigenvalue weighted by molar-refractivity contribution is -0.301. The minimum absolute atomic E-state index is 0.00233. The number of ether oxygens (including phenoxy) is 4. The van der Waals surface area contributed by atoms with Crippen LogP contribution in [0.3, 0.4) is 0 Å². The van der Waals surface area contributed by atoms with Crippen molar-refractivity contribution in [1.29, 1.82) is 0 Å². The smallest absolute Gasteiger partial charge is 0.333 e. The number of hydroxylamine groups is 2. The Morgan fingerprint density at radius 3 is 1.96 bits per heavy atom. The minimum atomic E-state index is -1.59. The molecule has 18 nitrogen and oxygen atoms in total. The van der Waals surface area contributed by atoms with Crippen molar-refractivity contribution in [3.8, 4) is 0 Å². The number of hydrogen-bond donors (Lipinski definition) is 7. The van der Waals surface area contributed by atoms with Gasteiger partial charge in [-0.25, -0.2) is 4.79 Å². The van der Waals surface area contributed by atoms with Crippen molar-refractivity contribution in [2.45, 2.75) is 126 Å². The van der Waals surface area contributed by atoms with Gasteiger partial charge in [0.1, 0.15) is 42.7 Å². The fourth-order valence-corrected chi connectivity index (χ4v) is 5.31. The highest BCUT2D eigenvalue weighted by Crippen LogP contribution is 2.23. The molecule has 0 bridgehead atoms. The molecule has 0 aliphatic carbocycles. The predicted octanol–water partition coefficient (Wildman–Crippen LogP) is -3.19. The number of imide groups is 1. The standard InChI is InChI=1S/C29H48N2O16/c1-16-22(37)24(39)26(41)28(45-16)44-14-12-30(11-6-13-43-29-27(42)25(40)23(38)17(15-32)46-29)18(33)7-4-2-3-5-8-21(36)47-31-19(34)9-10-20(31)35/h16-17,22-29,32,37-42H,2-15H2,1H3/t16-,17+,22+,23+,24+,25-,26-,27-,28+,29-/m0/s1. The van der Waals surface area contributed by atoms with Crippen molar-refractivity contribution in [2.75, 3.05) is 32.9 Å². The van der Waals surface area contributed by atoms with Gasteiger partial charge in [0.15, 0.2) is 12.6 Å². The van der Waals surface area contributed by atoms with Crippen molar-refractivity contribution in [1.82, 2.24) is 9.96 Å². The quantitative estimate of drug-likeness (QED) is 0.0556. The maximum Gasteiger partial charge on any atom is 0.333 e. The largest absolute Gasteiger partial charge is 0.394 e. The second kappa shape index (κ2) is 19.0. The molecule has 0 spiro atoms. The molecule has 0 aromatic heterocycles. The monoisotopic (exact) mass is 680 g/mol. The van der Waals surface area contributed by atoms with Gasteiger partial charge in [-0.2, -0.15) is 0 Å². The maximum absolute atomic E-state index is 13.1. The molecule has 0 aromatic rings. The Balaban J connectivity index is 1.44. The van der Waals surface area contributed by atoms with Crippen LogP contribution in [0.15, 0.2) is 0 Å². The fraction of sp³-hybridized carbons (Fsp3) is 0.862. The highest BCUT2D eigenvalue weighted by atomic mass is 16.7. The van der Waals surface area contributed by atoms with Crippen molar-refractivity contribution >= 4 is 23.7 Å². The number of aliphatic hydroxyl groups excluding tert-OH is 7. The van der Waals surface area contributed by atoms with Crippen LogP contribution in [0.2, 0.25) is 0 Å². The topological polar surface area (TPSA) is 263 Å². The molecule has 0 saturated carbocycles. The summed E-state index contributed by atoms with van der Waals surface area (Å²) in [6.45, 7) is 1.04. The van der Waals surface area contributed by atoms with Gasteiger partial charge < -0.3 is 64.4 Å². The van der Waals surface area contributed by atoms with E-state index in [2.05, 4.69) is 0 Å². The lowest BCUT2D eigenvalue weighted by atomic mass is 9.99. The molecule has 3 fully saturated rings. The number of hydrogen-bond acceptors (Lipinski definition) is 16. The Labute approximate surface area is 271 Å². The van der Waals surface area contributed by atoms with Gasteiger partial charge >= 0.3 is 5.97 Å². The van der Waals surface area contributed by atoms with E-state index in [0.717, 1.165) is 0 Å². The zero-order valence-electron chi connectivity index (χ0n) is 26.4. The van der Waals surface area contributed by atoms with Gasteiger partial charge in [-0.15, -0.1) is 5.06 Å². The third kappa shape index (κ3) is 11.1. The Bertz CT molecular complexity index is 1020. The molecule has 0 unspecified atom stereocenters. The van der Waals surface area contributed by atoms with Gasteiger partial charge in [0.2, 0.25) is 5.91 Å². The molecule has 47 heavy (non-hydrogen) atoms. The Morgan fingerprint density at radius 1 is 0.745 bits per heavy atom. The van der Waals surface area contributed by atoms with Gasteiger partial charge in [0.25, 0.3) is 11.8 Å². The van der Waals surface area contributed by atoms with Crippen molar-refractivity contribution in [3.63, 3.8) is 0 Å². The number of carbonyl (C=O) groups is 4. The van der Waals surface area contributed by atoms with Crippen molar-refractivity contribution in [2.24, 2.45) is 0 Å². The Morgan fingerprint density at radius 2 is 1.32 bits per heavy atom. The fourth-order valence-electron chi connectivity index (χ4n) is 5.31. The second-order valence-electron chi connectivity index (χ2n) is 11.8. The van der Waals surface area contributed by atoms with Crippen LogP contribution in [0.4, 0.5) is 0 Å². The van der Waals surface area contributed by atoms with Crippen LogP contribution < -0.4 is 0 Å². The highest BCUT2D eigenvalue weighted by molar-refractivity contribution is 6.01. The van der Waals surface area contributed by atoms with E-state index in [1.165, 1.54) is 11.8 Å². The summed E-state index contributed by atoms with van der Waals surface area (Å²) in [6, 6.07) is 0. The normalized spacial score (nSPS) is 32.9. The summed E-state index contributed by atoms with van der Waals surface area (Å²) >= 11 is 0. The number of amides is 3. The van der Waals surface area contributed by atoms with E-state index in [0.29, 0.717) is 30.7 Å². The summed E-state index contributed by atoms with van der Waals surface area (Å²) < 4.78 is 21.9. The van der Waals surface area contributed by atoms with Gasteiger partial charge in [-0.1, -0.05) is 12.8 Å². The molecule has 7 N–H and O–H groups in total. The predicted molar refractivity (Wildman–Crippen MR) is 154 cm³/mol. The van der Waals surface area contributed by atoms with Crippen LogP contribution in [-0.2, 0) is 43.0 Å². The maximum atomic E-state index is 13.1. The average Bonchev–Trinajstić information content (AvgIpc) is 3.36.